The van der Waals surface area contributed by atoms with Gasteiger partial charge < -0.3 is 62.5 Å². The number of nitrogens with zero attached hydrogens (tertiary/aromatic N) is 6. The number of likely N-dealkylation sites (N-methyl/N-ethyl adjacent to an activating group) is 3. The molecule has 1 rings (SSSR count). The average molecular weight is 610 g/mol. The molecular formula is C24H51N9O9. The summed E-state index contributed by atoms with van der Waals surface area (Å²) in [5.74, 6) is 0. The minimum atomic E-state index is -1.27. The third-order valence-corrected chi connectivity index (χ3v) is 6.52. The van der Waals surface area contributed by atoms with Crippen molar-refractivity contribution in [2.45, 2.75) is 56.3 Å². The van der Waals surface area contributed by atoms with E-state index in [9.17, 15) is 45.0 Å². The molecule has 42 heavy (non-hydrogen) atoms. The van der Waals surface area contributed by atoms with E-state index in [-0.39, 0.29) is 58.9 Å². The topological polar surface area (TPSA) is 275 Å². The zero-order valence-corrected chi connectivity index (χ0v) is 24.8. The molecule has 0 radical (unpaired) electrons. The first-order valence-corrected chi connectivity index (χ1v) is 13.8. The Morgan fingerprint density at radius 2 is 0.667 bits per heavy atom. The van der Waals surface area contributed by atoms with Gasteiger partial charge in [-0.05, 0) is 21.1 Å². The van der Waals surface area contributed by atoms with Crippen LogP contribution < -0.4 is 34.3 Å². The second kappa shape index (κ2) is 18.6. The van der Waals surface area contributed by atoms with Crippen LogP contribution in [0.15, 0.2) is 14.4 Å². The molecule has 0 fully saturated rings. The number of aliphatic hydroxyl groups is 6. The first-order chi connectivity index (χ1) is 19.6. The largest absolute Gasteiger partial charge is 0.390 e. The lowest BCUT2D eigenvalue weighted by Gasteiger charge is -2.25. The lowest BCUT2D eigenvalue weighted by atomic mass is 10.2. The predicted molar refractivity (Wildman–Crippen MR) is 155 cm³/mol. The van der Waals surface area contributed by atoms with E-state index in [1.807, 2.05) is 0 Å². The van der Waals surface area contributed by atoms with Crippen molar-refractivity contribution in [1.82, 2.24) is 28.4 Å². The fraction of sp³-hybridized carbons (Fsp3) is 0.875. The van der Waals surface area contributed by atoms with Crippen molar-refractivity contribution >= 4 is 0 Å². The number of aromatic nitrogens is 3. The summed E-state index contributed by atoms with van der Waals surface area (Å²) in [7, 11) is 4.81. The standard InChI is InChI=1S/C24H51N9O9/c1-28(7-16(34)4-25)10-19(37)13-31-22(40)32(14-20(38)11-29(2)8-17(35)5-26)24(42)33(23(31)41)15-21(39)12-30(3)9-18(36)6-27/h16-21,34-39H,4-15,25-27H2,1-3H3. The molecule has 6 atom stereocenters. The molecule has 1 aromatic rings. The van der Waals surface area contributed by atoms with Crippen molar-refractivity contribution in [2.24, 2.45) is 17.2 Å². The molecule has 6 unspecified atom stereocenters. The molecule has 18 heteroatoms. The number of hydrogen-bond acceptors (Lipinski definition) is 15. The molecule has 0 aliphatic carbocycles. The van der Waals surface area contributed by atoms with Crippen LogP contribution in [0.1, 0.15) is 0 Å². The molecule has 0 aliphatic rings. The summed E-state index contributed by atoms with van der Waals surface area (Å²) < 4.78 is 1.97. The van der Waals surface area contributed by atoms with Crippen LogP contribution in [-0.2, 0) is 19.6 Å². The molecule has 0 aromatic carbocycles. The summed E-state index contributed by atoms with van der Waals surface area (Å²) in [6.45, 7) is -1.30. The van der Waals surface area contributed by atoms with Gasteiger partial charge in [0, 0.05) is 58.9 Å². The third-order valence-electron chi connectivity index (χ3n) is 6.52. The van der Waals surface area contributed by atoms with Crippen LogP contribution >= 0.6 is 0 Å². The minimum absolute atomic E-state index is 0.000952. The Morgan fingerprint density at radius 3 is 0.857 bits per heavy atom. The summed E-state index contributed by atoms with van der Waals surface area (Å²) in [4.78, 5) is 44.6. The molecule has 18 nitrogen and oxygen atoms in total. The first kappa shape index (κ1) is 38.0. The van der Waals surface area contributed by atoms with Crippen molar-refractivity contribution < 1.29 is 30.6 Å². The Morgan fingerprint density at radius 1 is 0.476 bits per heavy atom. The summed E-state index contributed by atoms with van der Waals surface area (Å²) >= 11 is 0. The Bertz CT molecular complexity index is 935. The third kappa shape index (κ3) is 12.7. The average Bonchev–Trinajstić information content (AvgIpc) is 2.90. The lowest BCUT2D eigenvalue weighted by Crippen LogP contribution is -2.58. The highest BCUT2D eigenvalue weighted by Gasteiger charge is 2.23. The van der Waals surface area contributed by atoms with E-state index in [2.05, 4.69) is 0 Å². The van der Waals surface area contributed by atoms with Gasteiger partial charge >= 0.3 is 17.1 Å². The van der Waals surface area contributed by atoms with Crippen molar-refractivity contribution in [3.63, 3.8) is 0 Å². The molecule has 246 valence electrons. The number of hydrogen-bond donors (Lipinski definition) is 9. The van der Waals surface area contributed by atoms with Crippen LogP contribution in [0.4, 0.5) is 0 Å². The molecule has 12 N–H and O–H groups in total. The zero-order chi connectivity index (χ0) is 32.1. The lowest BCUT2D eigenvalue weighted by molar-refractivity contribution is 0.0676. The Labute approximate surface area is 244 Å². The van der Waals surface area contributed by atoms with E-state index in [1.165, 1.54) is 0 Å². The monoisotopic (exact) mass is 609 g/mol. The maximum atomic E-state index is 13.3. The van der Waals surface area contributed by atoms with Crippen molar-refractivity contribution in [3.05, 3.63) is 31.5 Å². The second-order valence-corrected chi connectivity index (χ2v) is 11.0. The summed E-state index contributed by atoms with van der Waals surface area (Å²) in [6.07, 6.45) is -6.35. The second-order valence-electron chi connectivity index (χ2n) is 11.0. The van der Waals surface area contributed by atoms with Gasteiger partial charge in [0.1, 0.15) is 0 Å². The number of aliphatic hydroxyl groups excluding tert-OH is 6. The predicted octanol–water partition coefficient (Wildman–Crippen LogP) is -7.99. The molecule has 0 saturated heterocycles. The summed E-state index contributed by atoms with van der Waals surface area (Å²) in [5.41, 5.74) is 13.1. The normalized spacial score (nSPS) is 16.6. The van der Waals surface area contributed by atoms with Crippen LogP contribution in [0.25, 0.3) is 0 Å². The SMILES string of the molecule is CN(CC(O)CN)CC(O)Cn1c(=O)n(CC(O)CN(C)CC(O)CN)c(=O)n(CC(O)CN(C)CC(O)CN)c1=O. The maximum absolute atomic E-state index is 13.3. The van der Waals surface area contributed by atoms with Crippen LogP contribution in [0.3, 0.4) is 0 Å². The molecule has 0 amide bonds. The molecule has 0 spiro atoms. The summed E-state index contributed by atoms with van der Waals surface area (Å²) in [6, 6.07) is 0. The van der Waals surface area contributed by atoms with E-state index >= 15 is 0 Å². The van der Waals surface area contributed by atoms with Gasteiger partial charge in [-0.25, -0.2) is 28.1 Å². The zero-order valence-electron chi connectivity index (χ0n) is 24.8. The maximum Gasteiger partial charge on any atom is 0.336 e. The van der Waals surface area contributed by atoms with Crippen LogP contribution in [0.5, 0.6) is 0 Å². The smallest absolute Gasteiger partial charge is 0.336 e. The summed E-state index contributed by atoms with van der Waals surface area (Å²) in [5, 5.41) is 61.2. The number of rotatable bonds is 21. The van der Waals surface area contributed by atoms with Crippen LogP contribution in [-0.4, -0.2) is 176 Å². The van der Waals surface area contributed by atoms with E-state index in [0.717, 1.165) is 0 Å². The van der Waals surface area contributed by atoms with Gasteiger partial charge in [0.25, 0.3) is 0 Å². The molecule has 1 aromatic heterocycles. The van der Waals surface area contributed by atoms with E-state index in [4.69, 9.17) is 17.2 Å². The Kier molecular flexibility index (Phi) is 16.8. The van der Waals surface area contributed by atoms with E-state index < -0.39 is 73.3 Å². The van der Waals surface area contributed by atoms with E-state index in [1.54, 1.807) is 35.8 Å². The highest BCUT2D eigenvalue weighted by Crippen LogP contribution is 1.98. The van der Waals surface area contributed by atoms with Gasteiger partial charge in [-0.2, -0.15) is 0 Å². The van der Waals surface area contributed by atoms with Gasteiger partial charge in [0.05, 0.1) is 56.3 Å². The molecule has 0 aliphatic heterocycles. The molecule has 1 heterocycles. The molecule has 0 bridgehead atoms. The Balaban J connectivity index is 3.35. The Hall–Kier alpha value is -2.07. The fourth-order valence-electron chi connectivity index (χ4n) is 4.56. The molecular weight excluding hydrogens is 558 g/mol. The minimum Gasteiger partial charge on any atom is -0.390 e. The first-order valence-electron chi connectivity index (χ1n) is 13.8. The fourth-order valence-corrected chi connectivity index (χ4v) is 4.56. The quantitative estimate of drug-likeness (QED) is 0.0626. The van der Waals surface area contributed by atoms with Crippen LogP contribution in [0, 0.1) is 0 Å². The van der Waals surface area contributed by atoms with Gasteiger partial charge in [-0.15, -0.1) is 0 Å². The van der Waals surface area contributed by atoms with Gasteiger partial charge in [0.2, 0.25) is 0 Å². The molecule has 0 saturated carbocycles. The highest BCUT2D eigenvalue weighted by molar-refractivity contribution is 4.84. The van der Waals surface area contributed by atoms with Crippen LogP contribution in [0.2, 0.25) is 0 Å². The van der Waals surface area contributed by atoms with Crippen molar-refractivity contribution in [2.75, 3.05) is 80.0 Å². The van der Waals surface area contributed by atoms with Gasteiger partial charge in [0.15, 0.2) is 0 Å². The van der Waals surface area contributed by atoms with Gasteiger partial charge in [-0.3, -0.25) is 0 Å². The highest BCUT2D eigenvalue weighted by atomic mass is 16.3. The van der Waals surface area contributed by atoms with Crippen molar-refractivity contribution in [1.29, 1.82) is 0 Å². The number of nitrogens with two attached hydrogens (primary N) is 3. The van der Waals surface area contributed by atoms with Gasteiger partial charge in [-0.1, -0.05) is 0 Å². The van der Waals surface area contributed by atoms with Crippen molar-refractivity contribution in [3.8, 4) is 0 Å². The van der Waals surface area contributed by atoms with E-state index in [0.29, 0.717) is 13.7 Å².